The van der Waals surface area contributed by atoms with E-state index in [0.29, 0.717) is 5.02 Å². The molecule has 1 aliphatic heterocycles. The molecule has 0 unspecified atom stereocenters. The van der Waals surface area contributed by atoms with Crippen LogP contribution in [0.4, 0.5) is 0 Å². The van der Waals surface area contributed by atoms with Crippen LogP contribution < -0.4 is 0 Å². The zero-order chi connectivity index (χ0) is 14.2. The summed E-state index contributed by atoms with van der Waals surface area (Å²) in [5.74, 6) is 0. The van der Waals surface area contributed by atoms with E-state index in [2.05, 4.69) is 0 Å². The molecule has 1 aromatic rings. The van der Waals surface area contributed by atoms with Crippen LogP contribution >= 0.6 is 35.6 Å². The van der Waals surface area contributed by atoms with E-state index in [4.69, 9.17) is 23.8 Å². The summed E-state index contributed by atoms with van der Waals surface area (Å²) in [4.78, 5) is 1.97. The molecule has 1 atom stereocenters. The predicted molar refractivity (Wildman–Crippen MR) is 86.1 cm³/mol. The minimum absolute atomic E-state index is 0.249. The lowest BCUT2D eigenvalue weighted by Crippen LogP contribution is -2.47. The van der Waals surface area contributed by atoms with Crippen LogP contribution in [-0.4, -0.2) is 38.1 Å². The Morgan fingerprint density at radius 3 is 2.47 bits per heavy atom. The fourth-order valence-corrected chi connectivity index (χ4v) is 3.68. The first-order valence-corrected chi connectivity index (χ1v) is 7.49. The summed E-state index contributed by atoms with van der Waals surface area (Å²) in [5, 5.41) is 12.7. The van der Waals surface area contributed by atoms with Crippen LogP contribution in [0, 0.1) is 5.21 Å². The molecular weight excluding hydrogens is 300 g/mol. The molecule has 0 spiro atoms. The number of thioether (sulfide) groups is 1. The topological polar surface area (TPSA) is 29.3 Å². The minimum Gasteiger partial charge on any atom is -0.623 e. The monoisotopic (exact) mass is 314 g/mol. The Hall–Kier alpha value is -0.780. The third-order valence-corrected chi connectivity index (χ3v) is 5.63. The van der Waals surface area contributed by atoms with Crippen molar-refractivity contribution in [3.63, 3.8) is 0 Å². The lowest BCUT2D eigenvalue weighted by atomic mass is 10.0. The van der Waals surface area contributed by atoms with Gasteiger partial charge < -0.3 is 10.1 Å². The number of hydroxylamine groups is 1. The third-order valence-electron chi connectivity index (χ3n) is 3.33. The molecule has 0 aromatic heterocycles. The highest BCUT2D eigenvalue weighted by molar-refractivity contribution is 8.23. The molecule has 1 saturated heterocycles. The highest BCUT2D eigenvalue weighted by Crippen LogP contribution is 2.38. The van der Waals surface area contributed by atoms with Crippen LogP contribution in [0.5, 0.6) is 0 Å². The van der Waals surface area contributed by atoms with Crippen molar-refractivity contribution in [3.05, 3.63) is 40.1 Å². The Morgan fingerprint density at radius 1 is 1.42 bits per heavy atom. The zero-order valence-electron chi connectivity index (χ0n) is 11.0. The fraction of sp³-hybridized carbons (Fsp3) is 0.385. The summed E-state index contributed by atoms with van der Waals surface area (Å²) < 4.78 is 1.73. The van der Waals surface area contributed by atoms with Gasteiger partial charge in [0.05, 0.1) is 0 Å². The van der Waals surface area contributed by atoms with Crippen LogP contribution in [0.3, 0.4) is 0 Å². The highest BCUT2D eigenvalue weighted by Gasteiger charge is 2.48. The maximum atomic E-state index is 12.3. The highest BCUT2D eigenvalue weighted by atomic mass is 35.5. The summed E-state index contributed by atoms with van der Waals surface area (Å²) in [6.45, 7) is 4.04. The Bertz CT molecular complexity index is 528. The van der Waals surface area contributed by atoms with E-state index in [1.807, 2.05) is 37.9 Å². The van der Waals surface area contributed by atoms with E-state index in [1.54, 1.807) is 18.3 Å². The molecule has 0 bridgehead atoms. The van der Waals surface area contributed by atoms with Gasteiger partial charge in [0, 0.05) is 17.6 Å². The van der Waals surface area contributed by atoms with E-state index >= 15 is 0 Å². The number of hydrogen-bond donors (Lipinski definition) is 0. The molecule has 0 saturated carbocycles. The van der Waals surface area contributed by atoms with E-state index in [1.165, 1.54) is 11.8 Å². The molecule has 102 valence electrons. The Kier molecular flexibility index (Phi) is 4.08. The summed E-state index contributed by atoms with van der Waals surface area (Å²) in [6.07, 6.45) is 1.58. The molecule has 6 heteroatoms. The van der Waals surface area contributed by atoms with Gasteiger partial charge in [-0.2, -0.15) is 4.74 Å². The lowest BCUT2D eigenvalue weighted by molar-refractivity contribution is -0.480. The number of halogens is 1. The molecule has 0 amide bonds. The van der Waals surface area contributed by atoms with Gasteiger partial charge in [0.25, 0.3) is 0 Å². The van der Waals surface area contributed by atoms with Crippen molar-refractivity contribution >= 4 is 46.1 Å². The molecule has 1 fully saturated rings. The number of nitrogens with zero attached hydrogens (tertiary/aromatic N) is 2. The van der Waals surface area contributed by atoms with E-state index in [0.717, 1.165) is 14.6 Å². The van der Waals surface area contributed by atoms with E-state index < -0.39 is 0 Å². The molecule has 0 N–H and O–H groups in total. The second-order valence-electron chi connectivity index (χ2n) is 4.99. The quantitative estimate of drug-likeness (QED) is 0.275. The Morgan fingerprint density at radius 2 is 2.00 bits per heavy atom. The molecule has 1 heterocycles. The average molecular weight is 315 g/mol. The van der Waals surface area contributed by atoms with Gasteiger partial charge in [0.15, 0.2) is 6.21 Å². The number of thiocarbonyl (C=S) groups is 1. The van der Waals surface area contributed by atoms with Gasteiger partial charge in [-0.15, -0.1) is 0 Å². The maximum absolute atomic E-state index is 12.3. The van der Waals surface area contributed by atoms with Gasteiger partial charge in [-0.25, -0.2) is 0 Å². The zero-order valence-corrected chi connectivity index (χ0v) is 13.4. The smallest absolute Gasteiger partial charge is 0.238 e. The average Bonchev–Trinajstić information content (AvgIpc) is 2.56. The van der Waals surface area contributed by atoms with Crippen LogP contribution in [0.15, 0.2) is 24.3 Å². The number of hydrogen-bond acceptors (Lipinski definition) is 3. The van der Waals surface area contributed by atoms with Crippen LogP contribution in [-0.2, 0) is 0 Å². The second kappa shape index (κ2) is 5.31. The SMILES string of the molecule is CN1C(=S)S[C@H](/[N+]([O-])=C\c2ccc(Cl)cc2)C1(C)C. The van der Waals surface area contributed by atoms with Crippen molar-refractivity contribution in [2.24, 2.45) is 0 Å². The van der Waals surface area contributed by atoms with Crippen molar-refractivity contribution in [2.75, 3.05) is 7.05 Å². The van der Waals surface area contributed by atoms with Gasteiger partial charge in [0.2, 0.25) is 5.37 Å². The molecular formula is C13H15ClN2OS2. The number of likely N-dealkylation sites (N-methyl/N-ethyl adjacent to an activating group) is 1. The first-order chi connectivity index (χ1) is 8.82. The van der Waals surface area contributed by atoms with Crippen LogP contribution in [0.25, 0.3) is 0 Å². The second-order valence-corrected chi connectivity index (χ2v) is 7.14. The van der Waals surface area contributed by atoms with Crippen LogP contribution in [0.2, 0.25) is 5.02 Å². The molecule has 0 radical (unpaired) electrons. The number of rotatable bonds is 2. The van der Waals surface area contributed by atoms with Crippen molar-refractivity contribution in [3.8, 4) is 0 Å². The molecule has 2 rings (SSSR count). The maximum Gasteiger partial charge on any atom is 0.238 e. The largest absolute Gasteiger partial charge is 0.623 e. The summed E-state index contributed by atoms with van der Waals surface area (Å²) >= 11 is 12.5. The summed E-state index contributed by atoms with van der Waals surface area (Å²) in [5.41, 5.74) is 0.531. The Labute approximate surface area is 127 Å². The lowest BCUT2D eigenvalue weighted by Gasteiger charge is -2.30. The van der Waals surface area contributed by atoms with Gasteiger partial charge in [-0.3, -0.25) is 0 Å². The summed E-state index contributed by atoms with van der Waals surface area (Å²) in [6, 6.07) is 7.18. The van der Waals surface area contributed by atoms with Crippen molar-refractivity contribution in [1.29, 1.82) is 0 Å². The normalized spacial score (nSPS) is 22.9. The molecule has 3 nitrogen and oxygen atoms in total. The van der Waals surface area contributed by atoms with Crippen LogP contribution in [0.1, 0.15) is 19.4 Å². The van der Waals surface area contributed by atoms with Gasteiger partial charge in [0.1, 0.15) is 9.86 Å². The van der Waals surface area contributed by atoms with Gasteiger partial charge in [-0.1, -0.05) is 23.8 Å². The first-order valence-electron chi connectivity index (χ1n) is 5.83. The third kappa shape index (κ3) is 2.88. The first kappa shape index (κ1) is 14.6. The molecule has 1 aromatic carbocycles. The molecule has 1 aliphatic rings. The van der Waals surface area contributed by atoms with E-state index in [-0.39, 0.29) is 10.9 Å². The molecule has 0 aliphatic carbocycles. The van der Waals surface area contributed by atoms with Gasteiger partial charge >= 0.3 is 0 Å². The fourth-order valence-electron chi connectivity index (χ4n) is 1.85. The van der Waals surface area contributed by atoms with Crippen molar-refractivity contribution in [1.82, 2.24) is 4.90 Å². The molecule has 19 heavy (non-hydrogen) atoms. The summed E-state index contributed by atoms with van der Waals surface area (Å²) in [7, 11) is 1.92. The number of benzene rings is 1. The van der Waals surface area contributed by atoms with E-state index in [9.17, 15) is 5.21 Å². The van der Waals surface area contributed by atoms with Gasteiger partial charge in [-0.05, 0) is 49.9 Å². The van der Waals surface area contributed by atoms with Crippen molar-refractivity contribution < 1.29 is 4.74 Å². The Balaban J connectivity index is 2.27. The minimum atomic E-state index is -0.299. The standard InChI is InChI=1S/C13H15ClN2OS2/c1-13(2)11(19-12(18)15(13)3)16(17)8-9-4-6-10(14)7-5-9/h4-8,11H,1-3H3/b16-8+/t11-/m0/s1. The van der Waals surface area contributed by atoms with Crippen molar-refractivity contribution in [2.45, 2.75) is 24.8 Å². The predicted octanol–water partition coefficient (Wildman–Crippen LogP) is 3.34.